The predicted molar refractivity (Wildman–Crippen MR) is 122 cm³/mol. The first-order chi connectivity index (χ1) is 15.5. The Kier molecular flexibility index (Phi) is 5.67. The van der Waals surface area contributed by atoms with E-state index in [1.54, 1.807) is 12.4 Å². The zero-order chi connectivity index (χ0) is 22.1. The van der Waals surface area contributed by atoms with Gasteiger partial charge in [-0.25, -0.2) is 0 Å². The first-order valence-electron chi connectivity index (χ1n) is 11.3. The van der Waals surface area contributed by atoms with Crippen LogP contribution in [-0.2, 0) is 16.1 Å². The molecule has 2 saturated heterocycles. The smallest absolute Gasteiger partial charge is 0.253 e. The minimum atomic E-state index is -0.811. The van der Waals surface area contributed by atoms with E-state index >= 15 is 0 Å². The molecule has 0 saturated carbocycles. The first-order valence-corrected chi connectivity index (χ1v) is 11.3. The molecule has 0 aliphatic carbocycles. The molecule has 2 fully saturated rings. The van der Waals surface area contributed by atoms with Crippen LogP contribution in [0.1, 0.15) is 25.7 Å². The Hall–Kier alpha value is -2.81. The Bertz CT molecular complexity index is 1100. The molecular weight excluding hydrogens is 406 g/mol. The zero-order valence-corrected chi connectivity index (χ0v) is 18.3. The molecule has 0 unspecified atom stereocenters. The minimum absolute atomic E-state index is 0.116. The number of fused-ring (bicyclic) bond motifs is 1. The highest BCUT2D eigenvalue weighted by molar-refractivity contribution is 5.99. The van der Waals surface area contributed by atoms with E-state index in [0.29, 0.717) is 31.7 Å². The van der Waals surface area contributed by atoms with Crippen molar-refractivity contribution in [2.75, 3.05) is 32.1 Å². The lowest BCUT2D eigenvalue weighted by Gasteiger charge is -2.36. The maximum atomic E-state index is 12.5. The van der Waals surface area contributed by atoms with Gasteiger partial charge in [-0.3, -0.25) is 14.5 Å². The number of rotatable bonds is 5. The predicted octanol–water partition coefficient (Wildman–Crippen LogP) is 2.67. The fourth-order valence-corrected chi connectivity index (χ4v) is 4.57. The van der Waals surface area contributed by atoms with Gasteiger partial charge in [0.15, 0.2) is 0 Å². The molecule has 3 aromatic rings. The summed E-state index contributed by atoms with van der Waals surface area (Å²) in [5, 5.41) is 20.1. The van der Waals surface area contributed by atoms with E-state index in [0.717, 1.165) is 48.1 Å². The number of likely N-dealkylation sites (tertiary alicyclic amines) is 1. The average molecular weight is 436 g/mol. The van der Waals surface area contributed by atoms with Crippen LogP contribution in [0.25, 0.3) is 22.2 Å². The number of carbonyl (C=O) groups is 1. The van der Waals surface area contributed by atoms with E-state index < -0.39 is 5.60 Å². The third-order valence-corrected chi connectivity index (χ3v) is 6.54. The molecule has 4 heterocycles. The Balaban J connectivity index is 1.50. The molecule has 2 aromatic heterocycles. The number of pyridine rings is 1. The number of ether oxygens (including phenoxy) is 1. The van der Waals surface area contributed by atoms with Crippen molar-refractivity contribution in [3.05, 3.63) is 42.7 Å². The number of aromatic nitrogens is 3. The van der Waals surface area contributed by atoms with Gasteiger partial charge in [-0.15, -0.1) is 0 Å². The van der Waals surface area contributed by atoms with Gasteiger partial charge in [-0.05, 0) is 63.1 Å². The van der Waals surface area contributed by atoms with Gasteiger partial charge in [0.05, 0.1) is 17.7 Å². The second kappa shape index (κ2) is 8.61. The molecule has 0 bridgehead atoms. The van der Waals surface area contributed by atoms with Crippen LogP contribution in [0.4, 0.5) is 5.69 Å². The molecule has 32 heavy (non-hydrogen) atoms. The van der Waals surface area contributed by atoms with Crippen LogP contribution in [0.5, 0.6) is 0 Å². The van der Waals surface area contributed by atoms with Crippen LogP contribution in [0.3, 0.4) is 0 Å². The molecule has 2 aliphatic heterocycles. The Labute approximate surface area is 187 Å². The summed E-state index contributed by atoms with van der Waals surface area (Å²) in [5.74, 6) is -0.116. The van der Waals surface area contributed by atoms with Gasteiger partial charge in [0.1, 0.15) is 11.8 Å². The van der Waals surface area contributed by atoms with Crippen molar-refractivity contribution in [2.45, 2.75) is 43.9 Å². The van der Waals surface area contributed by atoms with Gasteiger partial charge in [0.2, 0.25) is 0 Å². The molecule has 0 radical (unpaired) electrons. The summed E-state index contributed by atoms with van der Waals surface area (Å²) >= 11 is 0. The van der Waals surface area contributed by atoms with E-state index in [4.69, 9.17) is 9.84 Å². The lowest BCUT2D eigenvalue weighted by molar-refractivity contribution is -0.124. The number of hydrogen-bond donors (Lipinski definition) is 2. The molecule has 1 atom stereocenters. The summed E-state index contributed by atoms with van der Waals surface area (Å²) < 4.78 is 7.39. The molecule has 2 aliphatic rings. The Morgan fingerprint density at radius 1 is 1.31 bits per heavy atom. The SMILES string of the molecule is CN1CCC(O)(Cn2nc(-c3cccnc3)c3ccc(NC(=O)[C@@H]4CCCO4)cc32)CC1. The molecule has 1 amide bonds. The van der Waals surface area contributed by atoms with Crippen LogP contribution in [0.15, 0.2) is 42.7 Å². The third kappa shape index (κ3) is 4.26. The first kappa shape index (κ1) is 21.1. The quantitative estimate of drug-likeness (QED) is 0.640. The molecule has 5 rings (SSSR count). The summed E-state index contributed by atoms with van der Waals surface area (Å²) in [7, 11) is 2.08. The topological polar surface area (TPSA) is 92.5 Å². The van der Waals surface area contributed by atoms with Crippen molar-refractivity contribution in [3.8, 4) is 11.3 Å². The average Bonchev–Trinajstić information content (AvgIpc) is 3.46. The van der Waals surface area contributed by atoms with Crippen molar-refractivity contribution in [3.63, 3.8) is 0 Å². The van der Waals surface area contributed by atoms with Gasteiger partial charge in [-0.2, -0.15) is 5.10 Å². The summed E-state index contributed by atoms with van der Waals surface area (Å²) in [6.07, 6.45) is 6.20. The highest BCUT2D eigenvalue weighted by atomic mass is 16.5. The second-order valence-corrected chi connectivity index (χ2v) is 9.00. The normalized spacial score (nSPS) is 21.1. The number of piperidine rings is 1. The number of benzene rings is 1. The lowest BCUT2D eigenvalue weighted by Crippen LogP contribution is -2.45. The van der Waals surface area contributed by atoms with E-state index in [2.05, 4.69) is 22.2 Å². The molecule has 168 valence electrons. The maximum Gasteiger partial charge on any atom is 0.253 e. The molecule has 2 N–H and O–H groups in total. The third-order valence-electron chi connectivity index (χ3n) is 6.54. The second-order valence-electron chi connectivity index (χ2n) is 9.00. The zero-order valence-electron chi connectivity index (χ0n) is 18.3. The number of hydrogen-bond acceptors (Lipinski definition) is 6. The lowest BCUT2D eigenvalue weighted by atomic mass is 9.91. The fraction of sp³-hybridized carbons (Fsp3) is 0.458. The van der Waals surface area contributed by atoms with E-state index in [1.807, 2.05) is 35.0 Å². The summed E-state index contributed by atoms with van der Waals surface area (Å²) in [4.78, 5) is 19.0. The van der Waals surface area contributed by atoms with Gasteiger partial charge in [0, 0.05) is 48.7 Å². The highest BCUT2D eigenvalue weighted by Gasteiger charge is 2.33. The molecular formula is C24H29N5O3. The van der Waals surface area contributed by atoms with Crippen LogP contribution < -0.4 is 5.32 Å². The van der Waals surface area contributed by atoms with Crippen LogP contribution in [-0.4, -0.2) is 69.1 Å². The number of amides is 1. The van der Waals surface area contributed by atoms with Crippen LogP contribution >= 0.6 is 0 Å². The van der Waals surface area contributed by atoms with Gasteiger partial charge in [0.25, 0.3) is 5.91 Å². The highest BCUT2D eigenvalue weighted by Crippen LogP contribution is 2.32. The fourth-order valence-electron chi connectivity index (χ4n) is 4.57. The van der Waals surface area contributed by atoms with Crippen molar-refractivity contribution in [1.29, 1.82) is 0 Å². The maximum absolute atomic E-state index is 12.5. The van der Waals surface area contributed by atoms with Crippen molar-refractivity contribution >= 4 is 22.5 Å². The van der Waals surface area contributed by atoms with Gasteiger partial charge >= 0.3 is 0 Å². The van der Waals surface area contributed by atoms with Crippen molar-refractivity contribution in [1.82, 2.24) is 19.7 Å². The summed E-state index contributed by atoms with van der Waals surface area (Å²) in [6, 6.07) is 9.68. The molecule has 8 nitrogen and oxygen atoms in total. The monoisotopic (exact) mass is 435 g/mol. The Morgan fingerprint density at radius 3 is 2.88 bits per heavy atom. The number of carbonyl (C=O) groups excluding carboxylic acids is 1. The number of nitrogens with one attached hydrogen (secondary N) is 1. The molecule has 8 heteroatoms. The van der Waals surface area contributed by atoms with Gasteiger partial charge in [-0.1, -0.05) is 0 Å². The van der Waals surface area contributed by atoms with Crippen molar-refractivity contribution < 1.29 is 14.6 Å². The number of anilines is 1. The van der Waals surface area contributed by atoms with Crippen LogP contribution in [0, 0.1) is 0 Å². The van der Waals surface area contributed by atoms with E-state index in [9.17, 15) is 9.90 Å². The standard InChI is InChI=1S/C24H29N5O3/c1-28-11-8-24(31,9-12-28)16-29-20-14-18(26-23(30)21-5-3-13-32-21)6-7-19(20)22(27-29)17-4-2-10-25-15-17/h2,4,6-7,10,14-15,21,31H,3,5,8-9,11-13,16H2,1H3,(H,26,30)/t21-/m0/s1. The van der Waals surface area contributed by atoms with Crippen molar-refractivity contribution in [2.24, 2.45) is 0 Å². The largest absolute Gasteiger partial charge is 0.388 e. The Morgan fingerprint density at radius 2 is 2.16 bits per heavy atom. The number of aliphatic hydroxyl groups is 1. The molecule has 0 spiro atoms. The van der Waals surface area contributed by atoms with Crippen LogP contribution in [0.2, 0.25) is 0 Å². The molecule has 1 aromatic carbocycles. The minimum Gasteiger partial charge on any atom is -0.388 e. The van der Waals surface area contributed by atoms with E-state index in [-0.39, 0.29) is 12.0 Å². The number of nitrogens with zero attached hydrogens (tertiary/aromatic N) is 4. The summed E-state index contributed by atoms with van der Waals surface area (Å²) in [5.41, 5.74) is 2.51. The summed E-state index contributed by atoms with van der Waals surface area (Å²) in [6.45, 7) is 2.74. The van der Waals surface area contributed by atoms with E-state index in [1.165, 1.54) is 0 Å². The van der Waals surface area contributed by atoms with Gasteiger partial charge < -0.3 is 20.1 Å².